The maximum Gasteiger partial charge on any atom is 0.248 e. The molecule has 0 atom stereocenters. The van der Waals surface area contributed by atoms with Crippen LogP contribution in [0.15, 0.2) is 47.4 Å². The molecular weight excluding hydrogens is 414 g/mol. The molecule has 0 unspecified atom stereocenters. The number of hydrogen-bond donors (Lipinski definition) is 1. The molecular formula is C21H22F2N2O4S. The van der Waals surface area contributed by atoms with Gasteiger partial charge < -0.3 is 10.1 Å². The van der Waals surface area contributed by atoms with Gasteiger partial charge in [0.1, 0.15) is 28.0 Å². The van der Waals surface area contributed by atoms with E-state index in [-0.39, 0.29) is 10.6 Å². The Balaban J connectivity index is 1.83. The number of rotatable bonds is 6. The molecule has 0 spiro atoms. The molecule has 1 amide bonds. The minimum Gasteiger partial charge on any atom is -0.495 e. The Kier molecular flexibility index (Phi) is 6.84. The first kappa shape index (κ1) is 21.9. The fourth-order valence-corrected chi connectivity index (χ4v) is 4.90. The minimum absolute atomic E-state index is 0.00889. The van der Waals surface area contributed by atoms with Gasteiger partial charge in [-0.15, -0.1) is 0 Å². The Hall–Kier alpha value is -2.78. The molecule has 0 aromatic heterocycles. The van der Waals surface area contributed by atoms with Gasteiger partial charge in [0.15, 0.2) is 0 Å². The van der Waals surface area contributed by atoms with E-state index in [0.717, 1.165) is 37.5 Å². The molecule has 0 bridgehead atoms. The molecule has 2 aromatic carbocycles. The summed E-state index contributed by atoms with van der Waals surface area (Å²) in [7, 11) is -2.37. The number of hydrogen-bond acceptors (Lipinski definition) is 4. The van der Waals surface area contributed by atoms with Crippen molar-refractivity contribution >= 4 is 27.7 Å². The summed E-state index contributed by atoms with van der Waals surface area (Å²) in [5.74, 6) is -2.34. The summed E-state index contributed by atoms with van der Waals surface area (Å²) in [5, 5.41) is 2.14. The number of para-hydroxylation sites is 1. The van der Waals surface area contributed by atoms with Crippen LogP contribution in [0.2, 0.25) is 0 Å². The first-order valence-electron chi connectivity index (χ1n) is 9.44. The van der Waals surface area contributed by atoms with Crippen LogP contribution in [0.4, 0.5) is 14.5 Å². The van der Waals surface area contributed by atoms with Crippen molar-refractivity contribution in [3.05, 3.63) is 59.7 Å². The largest absolute Gasteiger partial charge is 0.495 e. The van der Waals surface area contributed by atoms with E-state index in [4.69, 9.17) is 4.74 Å². The maximum atomic E-state index is 13.7. The van der Waals surface area contributed by atoms with Crippen LogP contribution < -0.4 is 10.1 Å². The number of carbonyl (C=O) groups is 1. The van der Waals surface area contributed by atoms with Gasteiger partial charge in [0.05, 0.1) is 7.11 Å². The monoisotopic (exact) mass is 436 g/mol. The molecule has 0 aliphatic carbocycles. The van der Waals surface area contributed by atoms with E-state index in [1.807, 2.05) is 0 Å². The first-order chi connectivity index (χ1) is 14.3. The number of ether oxygens (including phenoxy) is 1. The number of methoxy groups -OCH3 is 1. The topological polar surface area (TPSA) is 75.7 Å². The molecule has 0 radical (unpaired) electrons. The highest BCUT2D eigenvalue weighted by Crippen LogP contribution is 2.30. The van der Waals surface area contributed by atoms with Gasteiger partial charge in [-0.05, 0) is 48.7 Å². The molecule has 9 heteroatoms. The van der Waals surface area contributed by atoms with Crippen molar-refractivity contribution in [3.63, 3.8) is 0 Å². The average molecular weight is 436 g/mol. The second-order valence-electron chi connectivity index (χ2n) is 6.79. The lowest BCUT2D eigenvalue weighted by Gasteiger charge is -2.26. The van der Waals surface area contributed by atoms with Gasteiger partial charge in [0.2, 0.25) is 15.9 Å². The van der Waals surface area contributed by atoms with Crippen LogP contribution >= 0.6 is 0 Å². The third kappa shape index (κ3) is 4.85. The van der Waals surface area contributed by atoms with Crippen molar-refractivity contribution in [3.8, 4) is 5.75 Å². The standard InChI is InChI=1S/C21H22F2N2O4S/c1-29-18-10-8-15(14-19(18)30(27,28)25-12-3-2-4-13-25)9-11-20(26)24-21-16(22)6-5-7-17(21)23/h5-11,14H,2-4,12-13H2,1H3,(H,24,26)/b11-9+. The van der Waals surface area contributed by atoms with Crippen LogP contribution in [-0.2, 0) is 14.8 Å². The lowest BCUT2D eigenvalue weighted by molar-refractivity contribution is -0.111. The lowest BCUT2D eigenvalue weighted by atomic mass is 10.2. The average Bonchev–Trinajstić information content (AvgIpc) is 2.75. The zero-order valence-electron chi connectivity index (χ0n) is 16.4. The summed E-state index contributed by atoms with van der Waals surface area (Å²) in [4.78, 5) is 12.1. The Morgan fingerprint density at radius 1 is 1.10 bits per heavy atom. The predicted octanol–water partition coefficient (Wildman–Crippen LogP) is 3.80. The van der Waals surface area contributed by atoms with E-state index in [1.165, 1.54) is 35.7 Å². The van der Waals surface area contributed by atoms with Crippen molar-refractivity contribution in [1.82, 2.24) is 4.31 Å². The zero-order chi connectivity index (χ0) is 21.7. The number of sulfonamides is 1. The maximum absolute atomic E-state index is 13.7. The summed E-state index contributed by atoms with van der Waals surface area (Å²) < 4.78 is 60.0. The normalized spacial score (nSPS) is 15.3. The van der Waals surface area contributed by atoms with Crippen molar-refractivity contribution < 1.29 is 26.7 Å². The Morgan fingerprint density at radius 2 is 1.77 bits per heavy atom. The van der Waals surface area contributed by atoms with Gasteiger partial charge in [0, 0.05) is 19.2 Å². The van der Waals surface area contributed by atoms with Gasteiger partial charge >= 0.3 is 0 Å². The molecule has 6 nitrogen and oxygen atoms in total. The number of anilines is 1. The van der Waals surface area contributed by atoms with Crippen LogP contribution in [0, 0.1) is 11.6 Å². The van der Waals surface area contributed by atoms with Gasteiger partial charge in [-0.2, -0.15) is 4.31 Å². The molecule has 1 saturated heterocycles. The number of halogens is 2. The predicted molar refractivity (Wildman–Crippen MR) is 110 cm³/mol. The third-order valence-corrected chi connectivity index (χ3v) is 6.68. The van der Waals surface area contributed by atoms with Crippen molar-refractivity contribution in [2.45, 2.75) is 24.2 Å². The molecule has 2 aromatic rings. The molecule has 0 saturated carbocycles. The van der Waals surface area contributed by atoms with Gasteiger partial charge in [-0.1, -0.05) is 18.6 Å². The second kappa shape index (κ2) is 9.36. The summed E-state index contributed by atoms with van der Waals surface area (Å²) in [6.45, 7) is 0.893. The van der Waals surface area contributed by atoms with Crippen molar-refractivity contribution in [2.24, 2.45) is 0 Å². The Morgan fingerprint density at radius 3 is 2.40 bits per heavy atom. The first-order valence-corrected chi connectivity index (χ1v) is 10.9. The molecule has 3 rings (SSSR count). The SMILES string of the molecule is COc1ccc(/C=C/C(=O)Nc2c(F)cccc2F)cc1S(=O)(=O)N1CCCCC1. The highest BCUT2D eigenvalue weighted by atomic mass is 32.2. The smallest absolute Gasteiger partial charge is 0.248 e. The Labute approximate surface area is 174 Å². The van der Waals surface area contributed by atoms with E-state index >= 15 is 0 Å². The quantitative estimate of drug-likeness (QED) is 0.699. The zero-order valence-corrected chi connectivity index (χ0v) is 17.2. The van der Waals surface area contributed by atoms with Crippen LogP contribution in [0.25, 0.3) is 6.08 Å². The molecule has 1 aliphatic rings. The fourth-order valence-electron chi connectivity index (χ4n) is 3.20. The summed E-state index contributed by atoms with van der Waals surface area (Å²) in [6.07, 6.45) is 5.03. The third-order valence-electron chi connectivity index (χ3n) is 4.76. The molecule has 30 heavy (non-hydrogen) atoms. The van der Waals surface area contributed by atoms with Crippen LogP contribution in [0.5, 0.6) is 5.75 Å². The number of amides is 1. The summed E-state index contributed by atoms with van der Waals surface area (Å²) >= 11 is 0. The lowest BCUT2D eigenvalue weighted by Crippen LogP contribution is -2.35. The van der Waals surface area contributed by atoms with Crippen molar-refractivity contribution in [1.29, 1.82) is 0 Å². The molecule has 1 fully saturated rings. The van der Waals surface area contributed by atoms with E-state index in [1.54, 1.807) is 6.07 Å². The van der Waals surface area contributed by atoms with Crippen LogP contribution in [-0.4, -0.2) is 38.8 Å². The number of nitrogens with one attached hydrogen (secondary N) is 1. The van der Waals surface area contributed by atoms with E-state index in [9.17, 15) is 22.0 Å². The van der Waals surface area contributed by atoms with E-state index in [0.29, 0.717) is 18.7 Å². The molecule has 1 aliphatic heterocycles. The molecule has 1 heterocycles. The minimum atomic E-state index is -3.75. The number of nitrogens with zero attached hydrogens (tertiary/aromatic N) is 1. The van der Waals surface area contributed by atoms with Crippen molar-refractivity contribution in [2.75, 3.05) is 25.5 Å². The number of benzene rings is 2. The van der Waals surface area contributed by atoms with Gasteiger partial charge in [-0.3, -0.25) is 4.79 Å². The van der Waals surface area contributed by atoms with Crippen LogP contribution in [0.1, 0.15) is 24.8 Å². The number of piperidine rings is 1. The summed E-state index contributed by atoms with van der Waals surface area (Å²) in [5.41, 5.74) is -0.120. The highest BCUT2D eigenvalue weighted by Gasteiger charge is 2.29. The van der Waals surface area contributed by atoms with Crippen LogP contribution in [0.3, 0.4) is 0 Å². The van der Waals surface area contributed by atoms with E-state index in [2.05, 4.69) is 5.32 Å². The number of carbonyl (C=O) groups excluding carboxylic acids is 1. The second-order valence-corrected chi connectivity index (χ2v) is 8.70. The van der Waals surface area contributed by atoms with Gasteiger partial charge in [0.25, 0.3) is 0 Å². The molecule has 1 N–H and O–H groups in total. The highest BCUT2D eigenvalue weighted by molar-refractivity contribution is 7.89. The molecule has 160 valence electrons. The summed E-state index contributed by atoms with van der Waals surface area (Å²) in [6, 6.07) is 7.76. The van der Waals surface area contributed by atoms with E-state index < -0.39 is 33.3 Å². The van der Waals surface area contributed by atoms with Gasteiger partial charge in [-0.25, -0.2) is 17.2 Å². The fraction of sp³-hybridized carbons (Fsp3) is 0.286. The Bertz CT molecular complexity index is 1040.